The third-order valence-electron chi connectivity index (χ3n) is 4.38. The number of carbonyl (C=O) groups is 2. The lowest BCUT2D eigenvalue weighted by Gasteiger charge is -2.38. The van der Waals surface area contributed by atoms with Gasteiger partial charge < -0.3 is 19.9 Å². The van der Waals surface area contributed by atoms with E-state index in [9.17, 15) is 14.7 Å². The summed E-state index contributed by atoms with van der Waals surface area (Å²) in [5.41, 5.74) is 0.550. The first-order valence-corrected chi connectivity index (χ1v) is 7.76. The number of nitrogens with one attached hydrogen (secondary N) is 1. The number of nitrogens with zero attached hydrogens (tertiary/aromatic N) is 2. The molecule has 0 spiro atoms. The molecular formula is C16H25N3O3. The SMILES string of the molecule is CCc1c(C(=O)N2CCCC(O)(CC(=O)NC)C2)ccn1C. The Hall–Kier alpha value is -1.82. The summed E-state index contributed by atoms with van der Waals surface area (Å²) in [6.45, 7) is 2.84. The third-order valence-corrected chi connectivity index (χ3v) is 4.38. The Morgan fingerprint density at radius 3 is 2.82 bits per heavy atom. The van der Waals surface area contributed by atoms with Crippen molar-refractivity contribution in [1.82, 2.24) is 14.8 Å². The third kappa shape index (κ3) is 3.32. The number of piperidine rings is 1. The second-order valence-electron chi connectivity index (χ2n) is 6.05. The first-order chi connectivity index (χ1) is 10.4. The molecule has 22 heavy (non-hydrogen) atoms. The van der Waals surface area contributed by atoms with Crippen LogP contribution in [0.1, 0.15) is 42.2 Å². The summed E-state index contributed by atoms with van der Waals surface area (Å²) in [6, 6.07) is 1.83. The maximum atomic E-state index is 12.7. The van der Waals surface area contributed by atoms with Crippen molar-refractivity contribution in [3.05, 3.63) is 23.5 Å². The van der Waals surface area contributed by atoms with Crippen LogP contribution in [0.5, 0.6) is 0 Å². The number of rotatable bonds is 4. The molecule has 1 atom stereocenters. The van der Waals surface area contributed by atoms with Gasteiger partial charge in [-0.1, -0.05) is 6.92 Å². The van der Waals surface area contributed by atoms with Crippen molar-refractivity contribution in [2.75, 3.05) is 20.1 Å². The van der Waals surface area contributed by atoms with Crippen molar-refractivity contribution in [2.45, 2.75) is 38.2 Å². The van der Waals surface area contributed by atoms with Crippen molar-refractivity contribution in [1.29, 1.82) is 0 Å². The Labute approximate surface area is 131 Å². The summed E-state index contributed by atoms with van der Waals surface area (Å²) < 4.78 is 1.95. The van der Waals surface area contributed by atoms with Gasteiger partial charge in [-0.25, -0.2) is 0 Å². The quantitative estimate of drug-likeness (QED) is 0.859. The molecule has 0 aromatic carbocycles. The van der Waals surface area contributed by atoms with E-state index in [2.05, 4.69) is 5.32 Å². The van der Waals surface area contributed by atoms with E-state index >= 15 is 0 Å². The predicted octanol–water partition coefficient (Wildman–Crippen LogP) is 0.691. The topological polar surface area (TPSA) is 74.6 Å². The molecule has 2 amide bonds. The fourth-order valence-electron chi connectivity index (χ4n) is 3.18. The number of aromatic nitrogens is 1. The largest absolute Gasteiger partial charge is 0.388 e. The number of aryl methyl sites for hydroxylation is 1. The standard InChI is InChI=1S/C16H25N3O3/c1-4-13-12(6-9-18(13)3)15(21)19-8-5-7-16(22,11-19)10-14(20)17-2/h6,9,22H,4-5,7-8,10-11H2,1-3H3,(H,17,20). The van der Waals surface area contributed by atoms with E-state index in [0.717, 1.165) is 12.1 Å². The van der Waals surface area contributed by atoms with E-state index in [0.29, 0.717) is 24.9 Å². The van der Waals surface area contributed by atoms with Crippen molar-refractivity contribution >= 4 is 11.8 Å². The van der Waals surface area contributed by atoms with Crippen LogP contribution in [-0.4, -0.2) is 52.1 Å². The van der Waals surface area contributed by atoms with Crippen molar-refractivity contribution in [3.8, 4) is 0 Å². The summed E-state index contributed by atoms with van der Waals surface area (Å²) in [4.78, 5) is 26.0. The Morgan fingerprint density at radius 1 is 1.45 bits per heavy atom. The van der Waals surface area contributed by atoms with Crippen LogP contribution in [0, 0.1) is 0 Å². The molecule has 2 heterocycles. The number of hydrogen-bond acceptors (Lipinski definition) is 3. The van der Waals surface area contributed by atoms with E-state index in [-0.39, 0.29) is 24.8 Å². The van der Waals surface area contributed by atoms with Gasteiger partial charge in [-0.05, 0) is 25.3 Å². The van der Waals surface area contributed by atoms with Gasteiger partial charge in [0.2, 0.25) is 5.91 Å². The lowest BCUT2D eigenvalue weighted by atomic mass is 9.89. The molecule has 0 radical (unpaired) electrons. The zero-order valence-corrected chi connectivity index (χ0v) is 13.6. The minimum atomic E-state index is -1.13. The zero-order valence-electron chi connectivity index (χ0n) is 13.6. The van der Waals surface area contributed by atoms with Gasteiger partial charge in [-0.15, -0.1) is 0 Å². The highest BCUT2D eigenvalue weighted by atomic mass is 16.3. The molecule has 1 fully saturated rings. The van der Waals surface area contributed by atoms with Crippen LogP contribution in [0.2, 0.25) is 0 Å². The fraction of sp³-hybridized carbons (Fsp3) is 0.625. The number of aliphatic hydroxyl groups is 1. The Morgan fingerprint density at radius 2 is 2.18 bits per heavy atom. The van der Waals surface area contributed by atoms with Gasteiger partial charge >= 0.3 is 0 Å². The normalized spacial score (nSPS) is 21.7. The lowest BCUT2D eigenvalue weighted by molar-refractivity contribution is -0.127. The molecule has 6 nitrogen and oxygen atoms in total. The number of amides is 2. The molecule has 122 valence electrons. The van der Waals surface area contributed by atoms with Crippen LogP contribution in [0.15, 0.2) is 12.3 Å². The average molecular weight is 307 g/mol. The second-order valence-corrected chi connectivity index (χ2v) is 6.05. The summed E-state index contributed by atoms with van der Waals surface area (Å²) in [7, 11) is 3.47. The molecule has 1 unspecified atom stereocenters. The molecule has 1 aromatic rings. The van der Waals surface area contributed by atoms with Gasteiger partial charge in [0.15, 0.2) is 0 Å². The van der Waals surface area contributed by atoms with Crippen molar-refractivity contribution < 1.29 is 14.7 Å². The van der Waals surface area contributed by atoms with Crippen LogP contribution in [0.25, 0.3) is 0 Å². The van der Waals surface area contributed by atoms with E-state index in [1.807, 2.05) is 30.8 Å². The van der Waals surface area contributed by atoms with Crippen LogP contribution < -0.4 is 5.32 Å². The minimum absolute atomic E-state index is 0.0305. The number of likely N-dealkylation sites (tertiary alicyclic amines) is 1. The highest BCUT2D eigenvalue weighted by Crippen LogP contribution is 2.26. The molecule has 0 aliphatic carbocycles. The molecular weight excluding hydrogens is 282 g/mol. The smallest absolute Gasteiger partial charge is 0.255 e. The minimum Gasteiger partial charge on any atom is -0.388 e. The average Bonchev–Trinajstić information content (AvgIpc) is 2.86. The predicted molar refractivity (Wildman–Crippen MR) is 83.6 cm³/mol. The number of carbonyl (C=O) groups excluding carboxylic acids is 2. The van der Waals surface area contributed by atoms with Crippen LogP contribution in [0.3, 0.4) is 0 Å². The Balaban J connectivity index is 2.14. The maximum Gasteiger partial charge on any atom is 0.255 e. The van der Waals surface area contributed by atoms with E-state index in [1.54, 1.807) is 11.9 Å². The summed E-state index contributed by atoms with van der Waals surface area (Å²) in [5, 5.41) is 13.1. The molecule has 2 rings (SSSR count). The highest BCUT2D eigenvalue weighted by Gasteiger charge is 2.37. The van der Waals surface area contributed by atoms with Crippen molar-refractivity contribution in [2.24, 2.45) is 7.05 Å². The van der Waals surface area contributed by atoms with Crippen LogP contribution in [-0.2, 0) is 18.3 Å². The number of hydrogen-bond donors (Lipinski definition) is 2. The first-order valence-electron chi connectivity index (χ1n) is 7.76. The fourth-order valence-corrected chi connectivity index (χ4v) is 3.18. The van der Waals surface area contributed by atoms with Gasteiger partial charge in [0.05, 0.1) is 24.1 Å². The summed E-state index contributed by atoms with van der Waals surface area (Å²) in [5.74, 6) is -0.266. The molecule has 1 aliphatic heterocycles. The molecule has 6 heteroatoms. The summed E-state index contributed by atoms with van der Waals surface area (Å²) in [6.07, 6.45) is 3.93. The maximum absolute atomic E-state index is 12.7. The second kappa shape index (κ2) is 6.52. The molecule has 0 bridgehead atoms. The van der Waals surface area contributed by atoms with E-state index < -0.39 is 5.60 Å². The van der Waals surface area contributed by atoms with Crippen LogP contribution in [0.4, 0.5) is 0 Å². The zero-order chi connectivity index (χ0) is 16.3. The molecule has 1 saturated heterocycles. The molecule has 1 aromatic heterocycles. The van der Waals surface area contributed by atoms with Gasteiger partial charge in [-0.3, -0.25) is 9.59 Å². The Bertz CT molecular complexity index is 567. The lowest BCUT2D eigenvalue weighted by Crippen LogP contribution is -2.52. The van der Waals surface area contributed by atoms with Gasteiger partial charge in [0.25, 0.3) is 5.91 Å². The first kappa shape index (κ1) is 16.5. The Kier molecular flexibility index (Phi) is 4.90. The van der Waals surface area contributed by atoms with Crippen LogP contribution >= 0.6 is 0 Å². The number of β-amino-alcohol motifs (C(OH)–C–C–N with tert-alkyl or cyclic N) is 1. The van der Waals surface area contributed by atoms with Gasteiger partial charge in [0.1, 0.15) is 0 Å². The van der Waals surface area contributed by atoms with Gasteiger partial charge in [0, 0.05) is 32.5 Å². The molecule has 0 saturated carbocycles. The van der Waals surface area contributed by atoms with E-state index in [1.165, 1.54) is 0 Å². The highest BCUT2D eigenvalue weighted by molar-refractivity contribution is 5.95. The van der Waals surface area contributed by atoms with E-state index in [4.69, 9.17) is 0 Å². The summed E-state index contributed by atoms with van der Waals surface area (Å²) >= 11 is 0. The van der Waals surface area contributed by atoms with Crippen molar-refractivity contribution in [3.63, 3.8) is 0 Å². The molecule has 1 aliphatic rings. The molecule has 2 N–H and O–H groups in total. The monoisotopic (exact) mass is 307 g/mol. The van der Waals surface area contributed by atoms with Gasteiger partial charge in [-0.2, -0.15) is 0 Å².